The van der Waals surface area contributed by atoms with Gasteiger partial charge in [0.05, 0.1) is 6.04 Å². The summed E-state index contributed by atoms with van der Waals surface area (Å²) >= 11 is 0. The van der Waals surface area contributed by atoms with E-state index in [1.54, 1.807) is 0 Å². The minimum absolute atomic E-state index is 0.0316. The molecule has 1 atom stereocenters. The Morgan fingerprint density at radius 3 is 2.60 bits per heavy atom. The van der Waals surface area contributed by atoms with E-state index in [2.05, 4.69) is 37.0 Å². The maximum atomic E-state index is 6.13. The van der Waals surface area contributed by atoms with E-state index in [9.17, 15) is 0 Å². The van der Waals surface area contributed by atoms with Gasteiger partial charge in [-0.3, -0.25) is 0 Å². The molecule has 0 radical (unpaired) electrons. The highest BCUT2D eigenvalue weighted by Crippen LogP contribution is 2.39. The van der Waals surface area contributed by atoms with Crippen LogP contribution in [0.5, 0.6) is 0 Å². The van der Waals surface area contributed by atoms with Crippen molar-refractivity contribution < 1.29 is 4.52 Å². The molecule has 0 aliphatic heterocycles. The highest BCUT2D eigenvalue weighted by molar-refractivity contribution is 5.60. The van der Waals surface area contributed by atoms with Gasteiger partial charge in [0.2, 0.25) is 0 Å². The lowest BCUT2D eigenvalue weighted by atomic mass is 9.84. The summed E-state index contributed by atoms with van der Waals surface area (Å²) in [6.07, 6.45) is 2.34. The molecule has 1 aromatic heterocycles. The van der Waals surface area contributed by atoms with Crippen LogP contribution in [0.4, 0.5) is 0 Å². The van der Waals surface area contributed by atoms with E-state index in [1.165, 1.54) is 18.4 Å². The molecule has 2 aromatic rings. The van der Waals surface area contributed by atoms with Crippen LogP contribution in [0.15, 0.2) is 28.8 Å². The van der Waals surface area contributed by atoms with Gasteiger partial charge in [-0.15, -0.1) is 0 Å². The third-order valence-corrected chi connectivity index (χ3v) is 3.84. The molecule has 20 heavy (non-hydrogen) atoms. The van der Waals surface area contributed by atoms with Crippen LogP contribution in [0, 0.1) is 5.92 Å². The topological polar surface area (TPSA) is 64.9 Å². The van der Waals surface area contributed by atoms with Crippen LogP contribution in [0.3, 0.4) is 0 Å². The largest absolute Gasteiger partial charge is 0.334 e. The molecule has 1 aliphatic carbocycles. The van der Waals surface area contributed by atoms with Crippen molar-refractivity contribution >= 4 is 0 Å². The van der Waals surface area contributed by atoms with Crippen molar-refractivity contribution in [1.82, 2.24) is 10.1 Å². The Hall–Kier alpha value is -1.68. The molecule has 1 heterocycles. The van der Waals surface area contributed by atoms with Crippen molar-refractivity contribution in [3.63, 3.8) is 0 Å². The Balaban J connectivity index is 1.97. The summed E-state index contributed by atoms with van der Waals surface area (Å²) in [6.45, 7) is 6.54. The zero-order valence-corrected chi connectivity index (χ0v) is 12.3. The lowest BCUT2D eigenvalue weighted by Gasteiger charge is -2.21. The molecule has 1 unspecified atom stereocenters. The average molecular weight is 271 g/mol. The van der Waals surface area contributed by atoms with Crippen molar-refractivity contribution in [1.29, 1.82) is 0 Å². The molecule has 1 saturated carbocycles. The van der Waals surface area contributed by atoms with E-state index in [4.69, 9.17) is 10.3 Å². The van der Waals surface area contributed by atoms with Crippen molar-refractivity contribution in [3.05, 3.63) is 35.7 Å². The third-order valence-electron chi connectivity index (χ3n) is 3.84. The molecule has 106 valence electrons. The monoisotopic (exact) mass is 271 g/mol. The predicted octanol–water partition coefficient (Wildman–Crippen LogP) is 3.44. The number of aromatic nitrogens is 2. The van der Waals surface area contributed by atoms with E-state index in [1.807, 2.05) is 18.2 Å². The Morgan fingerprint density at radius 2 is 1.95 bits per heavy atom. The maximum Gasteiger partial charge on any atom is 0.258 e. The van der Waals surface area contributed by atoms with E-state index in [0.717, 1.165) is 5.56 Å². The summed E-state index contributed by atoms with van der Waals surface area (Å²) in [5.41, 5.74) is 8.37. The molecule has 4 nitrogen and oxygen atoms in total. The quantitative estimate of drug-likeness (QED) is 0.928. The molecule has 3 rings (SSSR count). The van der Waals surface area contributed by atoms with Gasteiger partial charge in [-0.1, -0.05) is 44.1 Å². The second kappa shape index (κ2) is 4.70. The SMILES string of the molecule is CC(C)(C)c1ccccc1-c1nc(C(N)C2CC2)no1. The summed E-state index contributed by atoms with van der Waals surface area (Å²) in [7, 11) is 0. The first-order chi connectivity index (χ1) is 9.47. The minimum atomic E-state index is -0.0886. The molecule has 4 heteroatoms. The number of hydrogen-bond acceptors (Lipinski definition) is 4. The van der Waals surface area contributed by atoms with Crippen molar-refractivity contribution in [2.75, 3.05) is 0 Å². The molecule has 0 amide bonds. The summed E-state index contributed by atoms with van der Waals surface area (Å²) in [5, 5.41) is 4.07. The standard InChI is InChI=1S/C16H21N3O/c1-16(2,3)12-7-5-4-6-11(12)15-18-14(19-20-15)13(17)10-8-9-10/h4-7,10,13H,8-9,17H2,1-3H3. The smallest absolute Gasteiger partial charge is 0.258 e. The molecule has 0 spiro atoms. The fourth-order valence-electron chi connectivity index (χ4n) is 2.47. The van der Waals surface area contributed by atoms with Crippen LogP contribution < -0.4 is 5.73 Å². The summed E-state index contributed by atoms with van der Waals surface area (Å²) < 4.78 is 5.44. The van der Waals surface area contributed by atoms with Crippen molar-refractivity contribution in [2.45, 2.75) is 45.1 Å². The fraction of sp³-hybridized carbons (Fsp3) is 0.500. The highest BCUT2D eigenvalue weighted by Gasteiger charge is 2.33. The molecule has 1 fully saturated rings. The molecular formula is C16H21N3O. The van der Waals surface area contributed by atoms with Crippen LogP contribution in [-0.4, -0.2) is 10.1 Å². The Kier molecular flexibility index (Phi) is 3.13. The maximum absolute atomic E-state index is 6.13. The second-order valence-electron chi connectivity index (χ2n) is 6.62. The van der Waals surface area contributed by atoms with Crippen LogP contribution >= 0.6 is 0 Å². The zero-order valence-electron chi connectivity index (χ0n) is 12.3. The lowest BCUT2D eigenvalue weighted by Crippen LogP contribution is -2.14. The van der Waals surface area contributed by atoms with Gasteiger partial charge in [-0.2, -0.15) is 4.98 Å². The minimum Gasteiger partial charge on any atom is -0.334 e. The second-order valence-corrected chi connectivity index (χ2v) is 6.62. The van der Waals surface area contributed by atoms with E-state index >= 15 is 0 Å². The number of hydrogen-bond donors (Lipinski definition) is 1. The van der Waals surface area contributed by atoms with Gasteiger partial charge in [0.1, 0.15) is 0 Å². The van der Waals surface area contributed by atoms with E-state index < -0.39 is 0 Å². The lowest BCUT2D eigenvalue weighted by molar-refractivity contribution is 0.410. The van der Waals surface area contributed by atoms with Crippen LogP contribution in [0.1, 0.15) is 51.0 Å². The molecule has 1 aromatic carbocycles. The van der Waals surface area contributed by atoms with Crippen LogP contribution in [-0.2, 0) is 5.41 Å². The Morgan fingerprint density at radius 1 is 1.25 bits per heavy atom. The first kappa shape index (κ1) is 13.3. The molecule has 0 saturated heterocycles. The van der Waals surface area contributed by atoms with Gasteiger partial charge in [-0.05, 0) is 35.8 Å². The summed E-state index contributed by atoms with van der Waals surface area (Å²) in [4.78, 5) is 4.51. The normalized spacial score (nSPS) is 17.2. The average Bonchev–Trinajstić information content (AvgIpc) is 3.14. The third kappa shape index (κ3) is 2.48. The predicted molar refractivity (Wildman–Crippen MR) is 78.1 cm³/mol. The first-order valence-corrected chi connectivity index (χ1v) is 7.16. The van der Waals surface area contributed by atoms with Gasteiger partial charge in [0.15, 0.2) is 5.82 Å². The van der Waals surface area contributed by atoms with Crippen LogP contribution in [0.25, 0.3) is 11.5 Å². The number of nitrogens with zero attached hydrogens (tertiary/aromatic N) is 2. The van der Waals surface area contributed by atoms with Gasteiger partial charge in [0, 0.05) is 5.56 Å². The number of rotatable bonds is 3. The number of benzene rings is 1. The van der Waals surface area contributed by atoms with Crippen LogP contribution in [0.2, 0.25) is 0 Å². The van der Waals surface area contributed by atoms with E-state index in [-0.39, 0.29) is 11.5 Å². The fourth-order valence-corrected chi connectivity index (χ4v) is 2.47. The van der Waals surface area contributed by atoms with Gasteiger partial charge in [0.25, 0.3) is 5.89 Å². The van der Waals surface area contributed by atoms with Crippen molar-refractivity contribution in [2.24, 2.45) is 11.7 Å². The number of nitrogens with two attached hydrogens (primary N) is 1. The highest BCUT2D eigenvalue weighted by atomic mass is 16.5. The molecule has 1 aliphatic rings. The zero-order chi connectivity index (χ0) is 14.3. The summed E-state index contributed by atoms with van der Waals surface area (Å²) in [6, 6.07) is 8.09. The van der Waals surface area contributed by atoms with Gasteiger partial charge < -0.3 is 10.3 Å². The van der Waals surface area contributed by atoms with Crippen molar-refractivity contribution in [3.8, 4) is 11.5 Å². The van der Waals surface area contributed by atoms with Gasteiger partial charge in [-0.25, -0.2) is 0 Å². The first-order valence-electron chi connectivity index (χ1n) is 7.16. The molecule has 2 N–H and O–H groups in total. The molecule has 0 bridgehead atoms. The Bertz CT molecular complexity index is 608. The van der Waals surface area contributed by atoms with Gasteiger partial charge >= 0.3 is 0 Å². The molecular weight excluding hydrogens is 250 g/mol. The van der Waals surface area contributed by atoms with E-state index in [0.29, 0.717) is 17.6 Å². The Labute approximate surface area is 119 Å². The summed E-state index contributed by atoms with van der Waals surface area (Å²) in [5.74, 6) is 1.73.